The predicted octanol–water partition coefficient (Wildman–Crippen LogP) is 23.7. The van der Waals surface area contributed by atoms with Gasteiger partial charge in [0.15, 0.2) is 0 Å². The van der Waals surface area contributed by atoms with Gasteiger partial charge in [0.1, 0.15) is 19.8 Å². The van der Waals surface area contributed by atoms with E-state index in [1.807, 2.05) is 130 Å². The fourth-order valence-electron chi connectivity index (χ4n) is 9.65. The summed E-state index contributed by atoms with van der Waals surface area (Å²) in [6, 6.07) is 0. The Labute approximate surface area is 644 Å². The highest BCUT2D eigenvalue weighted by atomic mass is 33.1. The maximum Gasteiger partial charge on any atom is 0.474 e. The van der Waals surface area contributed by atoms with Gasteiger partial charge in [-0.25, -0.2) is 4.57 Å². The molecule has 0 heterocycles. The molecule has 0 aliphatic carbocycles. The van der Waals surface area contributed by atoms with Gasteiger partial charge in [-0.2, -0.15) is 0 Å². The molecule has 0 spiro atoms. The minimum Gasteiger partial charge on any atom is -0.464 e. The molecule has 0 rings (SSSR count). The zero-order valence-electron chi connectivity index (χ0n) is 62.6. The molecule has 0 aliphatic rings. The van der Waals surface area contributed by atoms with Crippen LogP contribution in [0.25, 0.3) is 0 Å². The van der Waals surface area contributed by atoms with Crippen LogP contribution in [0.3, 0.4) is 0 Å². The molecule has 0 saturated heterocycles. The van der Waals surface area contributed by atoms with Crippen molar-refractivity contribution in [1.29, 1.82) is 0 Å². The van der Waals surface area contributed by atoms with Gasteiger partial charge in [0.05, 0.1) is 54.8 Å². The molecule has 0 bridgehead atoms. The second-order valence-electron chi connectivity index (χ2n) is 24.8. The third kappa shape index (κ3) is 70.1. The van der Waals surface area contributed by atoms with Crippen molar-refractivity contribution < 1.29 is 46.7 Å². The second kappa shape index (κ2) is 78.2. The number of carbonyl (C=O) groups is 3. The molecule has 0 radical (unpaired) electrons. The van der Waals surface area contributed by atoms with E-state index < -0.39 is 7.82 Å². The Kier molecular flexibility index (Phi) is 80.3. The molecule has 97 heavy (non-hydrogen) atoms. The number of ether oxygens (including phenoxy) is 3. The number of carbonyl (C=O) groups excluding carboxylic acids is 3. The van der Waals surface area contributed by atoms with E-state index >= 15 is 0 Å². The zero-order chi connectivity index (χ0) is 71.0. The van der Waals surface area contributed by atoms with Crippen molar-refractivity contribution in [3.05, 3.63) is 0 Å². The average molecular weight is 1610 g/mol. The molecule has 0 amide bonds. The Balaban J connectivity index is 6.06. The molecule has 578 valence electrons. The van der Waals surface area contributed by atoms with E-state index in [9.17, 15) is 18.9 Å². The summed E-state index contributed by atoms with van der Waals surface area (Å²) in [6.45, 7) is 25.2. The van der Waals surface area contributed by atoms with Crippen molar-refractivity contribution in [2.75, 3.05) is 151 Å². The molecule has 3 unspecified atom stereocenters. The van der Waals surface area contributed by atoms with Gasteiger partial charge in [-0.05, 0) is 118 Å². The van der Waals surface area contributed by atoms with Crippen LogP contribution in [0.5, 0.6) is 0 Å². The number of esters is 3. The molecule has 0 N–H and O–H groups in total. The lowest BCUT2D eigenvalue weighted by atomic mass is 10.2. The topological polar surface area (TPSA) is 133 Å². The Morgan fingerprint density at radius 1 is 0.320 bits per heavy atom. The van der Waals surface area contributed by atoms with Crippen LogP contribution in [0.4, 0.5) is 0 Å². The van der Waals surface area contributed by atoms with Gasteiger partial charge in [0.2, 0.25) is 0 Å². The van der Waals surface area contributed by atoms with Crippen molar-refractivity contribution in [3.63, 3.8) is 0 Å². The van der Waals surface area contributed by atoms with Crippen LogP contribution < -0.4 is 0 Å². The number of hydrogen-bond donors (Lipinski definition) is 0. The summed E-state index contributed by atoms with van der Waals surface area (Å²) >= 11 is 0. The van der Waals surface area contributed by atoms with E-state index in [0.29, 0.717) is 52.5 Å². The summed E-state index contributed by atoms with van der Waals surface area (Å²) in [6.07, 6.45) is 36.7. The zero-order valence-corrected chi connectivity index (χ0v) is 73.3. The van der Waals surface area contributed by atoms with E-state index in [-0.39, 0.29) is 59.7 Å². The van der Waals surface area contributed by atoms with Gasteiger partial charge >= 0.3 is 25.7 Å². The van der Waals surface area contributed by atoms with Crippen molar-refractivity contribution in [2.45, 2.75) is 283 Å². The third-order valence-electron chi connectivity index (χ3n) is 15.5. The summed E-state index contributed by atoms with van der Waals surface area (Å²) < 4.78 is 47.3. The maximum atomic E-state index is 13.6. The molecular weight excluding hydrogens is 1470 g/mol. The highest BCUT2D eigenvalue weighted by Crippen LogP contribution is 2.49. The minimum atomic E-state index is -3.53. The summed E-state index contributed by atoms with van der Waals surface area (Å²) in [5.74, 6) is 9.26. The fraction of sp³-hybridized carbons (Fsp3) is 0.958. The fourth-order valence-corrected chi connectivity index (χ4v) is 27.6. The Morgan fingerprint density at radius 3 is 0.928 bits per heavy atom. The van der Waals surface area contributed by atoms with Gasteiger partial charge < -0.3 is 28.9 Å². The first-order valence-electron chi connectivity index (χ1n) is 38.1. The van der Waals surface area contributed by atoms with E-state index in [1.165, 1.54) is 160 Å². The van der Waals surface area contributed by atoms with Crippen molar-refractivity contribution in [3.8, 4) is 0 Å². The molecule has 26 heteroatoms. The standard InChI is InChI=1S/C71H142N3O10PS12/c1-10-18-24-34-54-86-92-63-66(95-89-57-37-27-21-13-4)60-79-69(75)42-50-73(47-32-30-31-33-53-84-85(78,82-16-7)83-17-8)48-40-45-72(9)46-41-49-74(51-43-70(76)80-61-67(96-90-58-38-28-22-14-5)64-93-87-55-35-25-19-11-2)52-44-71(77)81-62-68(97-91-59-39-29-23-15-6)65-94-88-56-36-26-20-12-3/h66-68H,10-65H2,1-9H3. The molecule has 0 fully saturated rings. The second-order valence-corrected chi connectivity index (χ2v) is 42.7. The highest BCUT2D eigenvalue weighted by molar-refractivity contribution is 8.79. The van der Waals surface area contributed by atoms with Gasteiger partial charge in [0, 0.05) is 71.4 Å². The van der Waals surface area contributed by atoms with Gasteiger partial charge in [0.25, 0.3) is 0 Å². The normalized spacial score (nSPS) is 12.9. The highest BCUT2D eigenvalue weighted by Gasteiger charge is 2.25. The number of hydrogen-bond acceptors (Lipinski definition) is 25. The Morgan fingerprint density at radius 2 is 0.608 bits per heavy atom. The lowest BCUT2D eigenvalue weighted by molar-refractivity contribution is -0.145. The lowest BCUT2D eigenvalue weighted by Crippen LogP contribution is -2.34. The molecule has 0 aromatic rings. The first kappa shape index (κ1) is 99.6. The Bertz CT molecular complexity index is 1690. The average Bonchev–Trinajstić information content (AvgIpc) is 2.41. The van der Waals surface area contributed by atoms with Gasteiger partial charge in [-0.1, -0.05) is 299 Å². The van der Waals surface area contributed by atoms with Crippen LogP contribution in [0.2, 0.25) is 0 Å². The van der Waals surface area contributed by atoms with E-state index in [4.69, 9.17) is 27.8 Å². The first-order chi connectivity index (χ1) is 47.4. The van der Waals surface area contributed by atoms with Crippen LogP contribution in [-0.2, 0) is 46.7 Å². The van der Waals surface area contributed by atoms with Crippen LogP contribution in [-0.4, -0.2) is 199 Å². The van der Waals surface area contributed by atoms with Gasteiger partial charge in [-0.3, -0.25) is 28.0 Å². The number of nitrogens with zero attached hydrogens (tertiary/aromatic N) is 3. The van der Waals surface area contributed by atoms with E-state index in [1.54, 1.807) is 13.8 Å². The van der Waals surface area contributed by atoms with Crippen molar-refractivity contribution in [1.82, 2.24) is 14.7 Å². The summed E-state index contributed by atoms with van der Waals surface area (Å²) in [5.41, 5.74) is 0. The lowest BCUT2D eigenvalue weighted by Gasteiger charge is -2.25. The number of unbranched alkanes of at least 4 members (excludes halogenated alkanes) is 21. The van der Waals surface area contributed by atoms with Crippen LogP contribution in [0.15, 0.2) is 0 Å². The van der Waals surface area contributed by atoms with E-state index in [0.717, 1.165) is 117 Å². The number of phosphoric ester groups is 1. The monoisotopic (exact) mass is 1610 g/mol. The predicted molar refractivity (Wildman–Crippen MR) is 453 cm³/mol. The maximum absolute atomic E-state index is 13.6. The SMILES string of the molecule is CCCCCCSSCC(COC(=O)CCN(CCCCCCOP(=O)(OCC)OCC)CCCN(C)CCCN(CCC(=O)OCC(CSSCCCCCC)SSCCCCCC)CCC(=O)OCC(CSSCCCCCC)SSCCCCCC)SSCCCCCC. The molecular formula is C71H142N3O10PS12. The minimum absolute atomic E-state index is 0.125. The summed E-state index contributed by atoms with van der Waals surface area (Å²) in [5, 5.41) is 0.727. The summed E-state index contributed by atoms with van der Waals surface area (Å²) in [7, 11) is 21.8. The van der Waals surface area contributed by atoms with Gasteiger partial charge in [-0.15, -0.1) is 0 Å². The Hall–Kier alpha value is 2.60. The molecule has 0 saturated carbocycles. The molecule has 3 atom stereocenters. The van der Waals surface area contributed by atoms with Crippen LogP contribution in [0.1, 0.15) is 267 Å². The summed E-state index contributed by atoms with van der Waals surface area (Å²) in [4.78, 5) is 47.9. The molecule has 0 aliphatic heterocycles. The van der Waals surface area contributed by atoms with Crippen molar-refractivity contribution in [2.24, 2.45) is 0 Å². The third-order valence-corrected chi connectivity index (χ3v) is 34.2. The molecule has 0 aromatic carbocycles. The quantitative estimate of drug-likeness (QED) is 0.0188. The molecule has 0 aromatic heterocycles. The largest absolute Gasteiger partial charge is 0.474 e. The van der Waals surface area contributed by atoms with Crippen LogP contribution in [0, 0.1) is 0 Å². The number of phosphoric acid groups is 1. The smallest absolute Gasteiger partial charge is 0.464 e. The van der Waals surface area contributed by atoms with Crippen LogP contribution >= 0.6 is 137 Å². The van der Waals surface area contributed by atoms with Crippen molar-refractivity contribution >= 4 is 155 Å². The number of rotatable bonds is 80. The first-order valence-corrected chi connectivity index (χ1v) is 54.2. The van der Waals surface area contributed by atoms with E-state index in [2.05, 4.69) is 63.3 Å². The molecule has 13 nitrogen and oxygen atoms in total.